The summed E-state index contributed by atoms with van der Waals surface area (Å²) in [7, 11) is 0. The SMILES string of the molecule is CCNc1nc(-n2cncn2)c2cn[nH]c2n1. The number of fused-ring (bicyclic) bond motifs is 1. The largest absolute Gasteiger partial charge is 0.354 e. The second-order valence-corrected chi connectivity index (χ2v) is 3.37. The molecule has 0 saturated carbocycles. The van der Waals surface area contributed by atoms with Crippen molar-refractivity contribution in [2.45, 2.75) is 6.92 Å². The lowest BCUT2D eigenvalue weighted by Gasteiger charge is -2.05. The zero-order valence-corrected chi connectivity index (χ0v) is 9.12. The Morgan fingerprint density at radius 1 is 1.41 bits per heavy atom. The zero-order valence-electron chi connectivity index (χ0n) is 9.12. The minimum atomic E-state index is 0.537. The van der Waals surface area contributed by atoms with Gasteiger partial charge < -0.3 is 5.32 Å². The molecule has 0 unspecified atom stereocenters. The van der Waals surface area contributed by atoms with E-state index in [-0.39, 0.29) is 0 Å². The molecule has 8 heteroatoms. The van der Waals surface area contributed by atoms with Gasteiger partial charge in [0.2, 0.25) is 5.95 Å². The molecule has 17 heavy (non-hydrogen) atoms. The predicted octanol–water partition coefficient (Wildman–Crippen LogP) is 0.365. The highest BCUT2D eigenvalue weighted by molar-refractivity contribution is 5.82. The van der Waals surface area contributed by atoms with E-state index in [1.807, 2.05) is 6.92 Å². The van der Waals surface area contributed by atoms with Gasteiger partial charge in [0.05, 0.1) is 11.6 Å². The summed E-state index contributed by atoms with van der Waals surface area (Å²) in [6.07, 6.45) is 4.72. The van der Waals surface area contributed by atoms with Gasteiger partial charge in [0.15, 0.2) is 11.5 Å². The van der Waals surface area contributed by atoms with Gasteiger partial charge in [-0.1, -0.05) is 0 Å². The molecule has 2 N–H and O–H groups in total. The van der Waals surface area contributed by atoms with E-state index < -0.39 is 0 Å². The molecular formula is C9H10N8. The predicted molar refractivity (Wildman–Crippen MR) is 60.8 cm³/mol. The van der Waals surface area contributed by atoms with E-state index in [1.54, 1.807) is 17.2 Å². The maximum Gasteiger partial charge on any atom is 0.226 e. The van der Waals surface area contributed by atoms with Crippen LogP contribution in [-0.4, -0.2) is 41.5 Å². The number of nitrogens with zero attached hydrogens (tertiary/aromatic N) is 6. The fourth-order valence-electron chi connectivity index (χ4n) is 1.55. The number of nitrogens with one attached hydrogen (secondary N) is 2. The molecule has 0 aliphatic heterocycles. The number of hydrogen-bond acceptors (Lipinski definition) is 6. The van der Waals surface area contributed by atoms with Crippen molar-refractivity contribution in [3.63, 3.8) is 0 Å². The number of rotatable bonds is 3. The minimum absolute atomic E-state index is 0.537. The van der Waals surface area contributed by atoms with Crippen LogP contribution in [0.5, 0.6) is 0 Å². The first-order chi connectivity index (χ1) is 8.38. The Balaban J connectivity index is 2.23. The van der Waals surface area contributed by atoms with E-state index in [2.05, 4.69) is 35.6 Å². The molecule has 0 amide bonds. The van der Waals surface area contributed by atoms with Crippen LogP contribution >= 0.6 is 0 Å². The van der Waals surface area contributed by atoms with Crippen LogP contribution < -0.4 is 5.32 Å². The molecule has 86 valence electrons. The van der Waals surface area contributed by atoms with Gasteiger partial charge in [-0.3, -0.25) is 5.10 Å². The summed E-state index contributed by atoms with van der Waals surface area (Å²) in [6, 6.07) is 0. The van der Waals surface area contributed by atoms with Crippen LogP contribution in [0, 0.1) is 0 Å². The fraction of sp³-hybridized carbons (Fsp3) is 0.222. The lowest BCUT2D eigenvalue weighted by atomic mass is 10.4. The molecule has 3 rings (SSSR count). The molecule has 0 saturated heterocycles. The summed E-state index contributed by atoms with van der Waals surface area (Å²) in [5.74, 6) is 1.19. The maximum absolute atomic E-state index is 4.38. The second kappa shape index (κ2) is 3.81. The number of H-pyrrole nitrogens is 1. The molecule has 0 aliphatic rings. The fourth-order valence-corrected chi connectivity index (χ4v) is 1.55. The molecular weight excluding hydrogens is 220 g/mol. The summed E-state index contributed by atoms with van der Waals surface area (Å²) in [5.41, 5.74) is 0.668. The smallest absolute Gasteiger partial charge is 0.226 e. The molecule has 3 aromatic heterocycles. The highest BCUT2D eigenvalue weighted by Crippen LogP contribution is 2.17. The summed E-state index contributed by atoms with van der Waals surface area (Å²) < 4.78 is 1.58. The van der Waals surface area contributed by atoms with Crippen molar-refractivity contribution in [1.82, 2.24) is 34.9 Å². The van der Waals surface area contributed by atoms with Crippen LogP contribution in [0.15, 0.2) is 18.9 Å². The van der Waals surface area contributed by atoms with Gasteiger partial charge in [-0.15, -0.1) is 0 Å². The van der Waals surface area contributed by atoms with Crippen LogP contribution in [0.25, 0.3) is 16.9 Å². The Morgan fingerprint density at radius 3 is 3.12 bits per heavy atom. The number of aromatic nitrogens is 7. The van der Waals surface area contributed by atoms with Gasteiger partial charge in [0.25, 0.3) is 0 Å². The van der Waals surface area contributed by atoms with Crippen molar-refractivity contribution in [3.8, 4) is 5.82 Å². The molecule has 0 aliphatic carbocycles. The lowest BCUT2D eigenvalue weighted by molar-refractivity contribution is 0.849. The molecule has 0 bridgehead atoms. The summed E-state index contributed by atoms with van der Waals surface area (Å²) in [6.45, 7) is 2.73. The zero-order chi connectivity index (χ0) is 11.7. The van der Waals surface area contributed by atoms with E-state index in [0.717, 1.165) is 11.9 Å². The van der Waals surface area contributed by atoms with E-state index in [4.69, 9.17) is 0 Å². The molecule has 0 atom stereocenters. The van der Waals surface area contributed by atoms with Crippen LogP contribution in [-0.2, 0) is 0 Å². The van der Waals surface area contributed by atoms with Crippen molar-refractivity contribution in [3.05, 3.63) is 18.9 Å². The molecule has 8 nitrogen and oxygen atoms in total. The number of hydrogen-bond donors (Lipinski definition) is 2. The van der Waals surface area contributed by atoms with Crippen LogP contribution in [0.3, 0.4) is 0 Å². The number of aromatic amines is 1. The van der Waals surface area contributed by atoms with E-state index in [1.165, 1.54) is 6.33 Å². The Labute approximate surface area is 96.1 Å². The summed E-state index contributed by atoms with van der Waals surface area (Å²) >= 11 is 0. The van der Waals surface area contributed by atoms with Crippen molar-refractivity contribution >= 4 is 17.0 Å². The van der Waals surface area contributed by atoms with Gasteiger partial charge >= 0.3 is 0 Å². The molecule has 3 aromatic rings. The van der Waals surface area contributed by atoms with Crippen molar-refractivity contribution in [1.29, 1.82) is 0 Å². The van der Waals surface area contributed by atoms with Gasteiger partial charge in [0.1, 0.15) is 12.7 Å². The van der Waals surface area contributed by atoms with E-state index in [9.17, 15) is 0 Å². The minimum Gasteiger partial charge on any atom is -0.354 e. The molecule has 0 spiro atoms. The van der Waals surface area contributed by atoms with Gasteiger partial charge in [0, 0.05) is 6.54 Å². The normalized spacial score (nSPS) is 10.9. The third kappa shape index (κ3) is 1.59. The van der Waals surface area contributed by atoms with E-state index >= 15 is 0 Å². The third-order valence-corrected chi connectivity index (χ3v) is 2.26. The molecule has 0 fully saturated rings. The second-order valence-electron chi connectivity index (χ2n) is 3.37. The Hall–Kier alpha value is -2.51. The number of anilines is 1. The molecule has 3 heterocycles. The Morgan fingerprint density at radius 2 is 2.35 bits per heavy atom. The van der Waals surface area contributed by atoms with E-state index in [0.29, 0.717) is 17.4 Å². The van der Waals surface area contributed by atoms with Crippen LogP contribution in [0.2, 0.25) is 0 Å². The van der Waals surface area contributed by atoms with Gasteiger partial charge in [-0.2, -0.15) is 20.2 Å². The van der Waals surface area contributed by atoms with Crippen LogP contribution in [0.4, 0.5) is 5.95 Å². The first-order valence-electron chi connectivity index (χ1n) is 5.18. The lowest BCUT2D eigenvalue weighted by Crippen LogP contribution is -2.06. The Bertz CT molecular complexity index is 626. The molecule has 0 radical (unpaired) electrons. The summed E-state index contributed by atoms with van der Waals surface area (Å²) in [4.78, 5) is 12.6. The first kappa shape index (κ1) is 9.70. The van der Waals surface area contributed by atoms with Crippen molar-refractivity contribution < 1.29 is 0 Å². The highest BCUT2D eigenvalue weighted by atomic mass is 15.4. The van der Waals surface area contributed by atoms with Gasteiger partial charge in [-0.05, 0) is 6.92 Å². The quantitative estimate of drug-likeness (QED) is 0.674. The monoisotopic (exact) mass is 230 g/mol. The molecule has 0 aromatic carbocycles. The third-order valence-electron chi connectivity index (χ3n) is 2.26. The highest BCUT2D eigenvalue weighted by Gasteiger charge is 2.11. The standard InChI is InChI=1S/C9H10N8/c1-2-11-9-14-7-6(3-12-16-7)8(15-9)17-5-10-4-13-17/h3-5H,2H2,1H3,(H2,11,12,14,15,16). The maximum atomic E-state index is 4.38. The van der Waals surface area contributed by atoms with Gasteiger partial charge in [-0.25, -0.2) is 9.67 Å². The van der Waals surface area contributed by atoms with Crippen molar-refractivity contribution in [2.24, 2.45) is 0 Å². The van der Waals surface area contributed by atoms with Crippen LogP contribution in [0.1, 0.15) is 6.92 Å². The average Bonchev–Trinajstić information content (AvgIpc) is 2.99. The topological polar surface area (TPSA) is 97.2 Å². The van der Waals surface area contributed by atoms with Crippen molar-refractivity contribution in [2.75, 3.05) is 11.9 Å². The average molecular weight is 230 g/mol. The first-order valence-corrected chi connectivity index (χ1v) is 5.18. The summed E-state index contributed by atoms with van der Waals surface area (Å²) in [5, 5.41) is 14.7. The Kier molecular flexibility index (Phi) is 2.18.